The highest BCUT2D eigenvalue weighted by molar-refractivity contribution is 9.10. The second kappa shape index (κ2) is 13.3. The molecule has 0 bridgehead atoms. The lowest BCUT2D eigenvalue weighted by atomic mass is 10.1. The molecule has 0 aromatic heterocycles. The van der Waals surface area contributed by atoms with Crippen molar-refractivity contribution in [2.24, 2.45) is 0 Å². The molecule has 0 fully saturated rings. The lowest BCUT2D eigenvalue weighted by molar-refractivity contribution is -0.143. The van der Waals surface area contributed by atoms with Crippen molar-refractivity contribution in [1.29, 1.82) is 0 Å². The number of nitrogens with one attached hydrogen (secondary N) is 1. The van der Waals surface area contributed by atoms with E-state index >= 15 is 0 Å². The van der Waals surface area contributed by atoms with Crippen molar-refractivity contribution in [1.82, 2.24) is 10.2 Å². The number of nitrogens with zero attached hydrogens (tertiary/aromatic N) is 1. The number of rotatable bonds is 12. The Kier molecular flexibility index (Phi) is 10.7. The molecule has 0 saturated carbocycles. The van der Waals surface area contributed by atoms with E-state index in [-0.39, 0.29) is 18.4 Å². The van der Waals surface area contributed by atoms with E-state index in [1.165, 1.54) is 5.56 Å². The predicted molar refractivity (Wildman–Crippen MR) is 133 cm³/mol. The molecule has 6 heteroatoms. The zero-order chi connectivity index (χ0) is 23.5. The van der Waals surface area contributed by atoms with Gasteiger partial charge in [-0.25, -0.2) is 0 Å². The summed E-state index contributed by atoms with van der Waals surface area (Å²) >= 11 is 3.52. The van der Waals surface area contributed by atoms with Crippen LogP contribution < -0.4 is 10.1 Å². The number of aryl methyl sites for hydroxylation is 2. The number of ether oxygens (including phenoxy) is 1. The molecule has 0 unspecified atom stereocenters. The first-order valence-corrected chi connectivity index (χ1v) is 12.2. The molecule has 0 heterocycles. The molecular weight excluding hydrogens is 468 g/mol. The number of hydrogen-bond donors (Lipinski definition) is 1. The van der Waals surface area contributed by atoms with Crippen molar-refractivity contribution in [2.75, 3.05) is 13.2 Å². The van der Waals surface area contributed by atoms with E-state index in [0.717, 1.165) is 34.9 Å². The van der Waals surface area contributed by atoms with Crippen LogP contribution in [-0.4, -0.2) is 35.9 Å². The third kappa shape index (κ3) is 7.66. The molecule has 174 valence electrons. The van der Waals surface area contributed by atoms with Gasteiger partial charge in [-0.15, -0.1) is 0 Å². The van der Waals surface area contributed by atoms with Crippen LogP contribution in [0.25, 0.3) is 0 Å². The van der Waals surface area contributed by atoms with Crippen molar-refractivity contribution in [3.63, 3.8) is 0 Å². The first-order valence-electron chi connectivity index (χ1n) is 11.4. The lowest BCUT2D eigenvalue weighted by Crippen LogP contribution is -2.50. The van der Waals surface area contributed by atoms with E-state index in [1.54, 1.807) is 4.90 Å². The monoisotopic (exact) mass is 502 g/mol. The molecule has 0 aliphatic rings. The number of carbonyl (C=O) groups excluding carboxylic acids is 2. The van der Waals surface area contributed by atoms with Gasteiger partial charge in [0.1, 0.15) is 11.8 Å². The van der Waals surface area contributed by atoms with E-state index in [2.05, 4.69) is 35.1 Å². The van der Waals surface area contributed by atoms with Gasteiger partial charge >= 0.3 is 0 Å². The minimum Gasteiger partial charge on any atom is -0.483 e. The molecule has 2 rings (SSSR count). The van der Waals surface area contributed by atoms with Gasteiger partial charge in [-0.1, -0.05) is 63.1 Å². The van der Waals surface area contributed by atoms with E-state index in [9.17, 15) is 9.59 Å². The average molecular weight is 503 g/mol. The Morgan fingerprint density at radius 2 is 1.75 bits per heavy atom. The SMILES string of the molecule is CCCCNC(=O)[C@H](CC)N(Cc1ccc(C)cc1)C(=O)COc1ccc(CC)cc1Br. The molecule has 1 N–H and O–H groups in total. The molecule has 0 aliphatic carbocycles. The van der Waals surface area contributed by atoms with Gasteiger partial charge in [-0.05, 0) is 65.4 Å². The summed E-state index contributed by atoms with van der Waals surface area (Å²) in [7, 11) is 0. The normalized spacial score (nSPS) is 11.7. The molecule has 0 saturated heterocycles. The Balaban J connectivity index is 2.18. The minimum atomic E-state index is -0.546. The van der Waals surface area contributed by atoms with Crippen LogP contribution in [0.1, 0.15) is 56.7 Å². The Morgan fingerprint density at radius 1 is 1.06 bits per heavy atom. The second-order valence-corrected chi connectivity index (χ2v) is 8.84. The first kappa shape index (κ1) is 25.9. The van der Waals surface area contributed by atoms with E-state index < -0.39 is 6.04 Å². The molecular formula is C26H35BrN2O3. The average Bonchev–Trinajstić information content (AvgIpc) is 2.79. The first-order chi connectivity index (χ1) is 15.4. The fourth-order valence-electron chi connectivity index (χ4n) is 3.42. The molecule has 2 amide bonds. The zero-order valence-corrected chi connectivity index (χ0v) is 21.2. The summed E-state index contributed by atoms with van der Waals surface area (Å²) < 4.78 is 6.66. The van der Waals surface area contributed by atoms with Gasteiger partial charge in [0.25, 0.3) is 5.91 Å². The fourth-order valence-corrected chi connectivity index (χ4v) is 3.96. The molecule has 0 spiro atoms. The van der Waals surface area contributed by atoms with Gasteiger partial charge in [0.2, 0.25) is 5.91 Å². The summed E-state index contributed by atoms with van der Waals surface area (Å²) in [5, 5.41) is 2.98. The molecule has 2 aromatic carbocycles. The van der Waals surface area contributed by atoms with Crippen LogP contribution in [0, 0.1) is 6.92 Å². The number of amides is 2. The molecule has 32 heavy (non-hydrogen) atoms. The molecule has 0 aliphatic heterocycles. The van der Waals surface area contributed by atoms with Gasteiger partial charge in [-0.2, -0.15) is 0 Å². The number of halogens is 1. The second-order valence-electron chi connectivity index (χ2n) is 7.98. The highest BCUT2D eigenvalue weighted by Gasteiger charge is 2.28. The van der Waals surface area contributed by atoms with Crippen LogP contribution in [0.2, 0.25) is 0 Å². The predicted octanol–water partition coefficient (Wildman–Crippen LogP) is 5.42. The van der Waals surface area contributed by atoms with Gasteiger partial charge in [0.15, 0.2) is 6.61 Å². The van der Waals surface area contributed by atoms with Crippen molar-refractivity contribution >= 4 is 27.7 Å². The van der Waals surface area contributed by atoms with Crippen LogP contribution >= 0.6 is 15.9 Å². The number of benzene rings is 2. The van der Waals surface area contributed by atoms with Crippen LogP contribution in [0.3, 0.4) is 0 Å². The number of hydrogen-bond acceptors (Lipinski definition) is 3. The smallest absolute Gasteiger partial charge is 0.261 e. The van der Waals surface area contributed by atoms with Crippen LogP contribution in [0.15, 0.2) is 46.9 Å². The van der Waals surface area contributed by atoms with Crippen molar-refractivity contribution in [3.8, 4) is 5.75 Å². The highest BCUT2D eigenvalue weighted by atomic mass is 79.9. The molecule has 0 radical (unpaired) electrons. The van der Waals surface area contributed by atoms with E-state index in [0.29, 0.717) is 25.3 Å². The Morgan fingerprint density at radius 3 is 2.34 bits per heavy atom. The number of unbranched alkanes of at least 4 members (excludes halogenated alkanes) is 1. The van der Waals surface area contributed by atoms with Gasteiger partial charge in [0, 0.05) is 13.1 Å². The lowest BCUT2D eigenvalue weighted by Gasteiger charge is -2.30. The number of carbonyl (C=O) groups is 2. The largest absolute Gasteiger partial charge is 0.483 e. The van der Waals surface area contributed by atoms with Gasteiger partial charge in [0.05, 0.1) is 4.47 Å². The maximum Gasteiger partial charge on any atom is 0.261 e. The van der Waals surface area contributed by atoms with Crippen molar-refractivity contribution in [2.45, 2.75) is 66.0 Å². The summed E-state index contributed by atoms with van der Waals surface area (Å²) in [6, 6.07) is 13.3. The maximum atomic E-state index is 13.3. The summed E-state index contributed by atoms with van der Waals surface area (Å²) in [4.78, 5) is 27.8. The van der Waals surface area contributed by atoms with Crippen molar-refractivity contribution in [3.05, 3.63) is 63.6 Å². The Labute approximate surface area is 200 Å². The molecule has 5 nitrogen and oxygen atoms in total. The van der Waals surface area contributed by atoms with Crippen LogP contribution in [-0.2, 0) is 22.6 Å². The minimum absolute atomic E-state index is 0.116. The van der Waals surface area contributed by atoms with E-state index in [4.69, 9.17) is 4.74 Å². The summed E-state index contributed by atoms with van der Waals surface area (Å²) in [5.74, 6) is 0.288. The quantitative estimate of drug-likeness (QED) is 0.394. The standard InChI is InChI=1S/C26H35BrN2O3/c1-5-8-15-28-26(31)23(7-3)29(17-21-11-9-19(4)10-12-21)25(30)18-32-24-14-13-20(6-2)16-22(24)27/h9-14,16,23H,5-8,15,17-18H2,1-4H3,(H,28,31)/t23-/m0/s1. The third-order valence-corrected chi connectivity index (χ3v) is 6.06. The van der Waals surface area contributed by atoms with E-state index in [1.807, 2.05) is 56.3 Å². The third-order valence-electron chi connectivity index (χ3n) is 5.44. The highest BCUT2D eigenvalue weighted by Crippen LogP contribution is 2.26. The molecule has 2 aromatic rings. The van der Waals surface area contributed by atoms with Crippen LogP contribution in [0.4, 0.5) is 0 Å². The van der Waals surface area contributed by atoms with Gasteiger partial charge in [-0.3, -0.25) is 9.59 Å². The zero-order valence-electron chi connectivity index (χ0n) is 19.6. The topological polar surface area (TPSA) is 58.6 Å². The summed E-state index contributed by atoms with van der Waals surface area (Å²) in [6.07, 6.45) is 3.37. The van der Waals surface area contributed by atoms with Crippen LogP contribution in [0.5, 0.6) is 5.75 Å². The fraction of sp³-hybridized carbons (Fsp3) is 0.462. The summed E-state index contributed by atoms with van der Waals surface area (Å²) in [5.41, 5.74) is 3.32. The maximum absolute atomic E-state index is 13.3. The van der Waals surface area contributed by atoms with Gasteiger partial charge < -0.3 is 15.0 Å². The Bertz CT molecular complexity index is 883. The molecule has 1 atom stereocenters. The van der Waals surface area contributed by atoms with Crippen molar-refractivity contribution < 1.29 is 14.3 Å². The summed E-state index contributed by atoms with van der Waals surface area (Å²) in [6.45, 7) is 8.97. The Hall–Kier alpha value is -2.34.